The Morgan fingerprint density at radius 3 is 2.85 bits per heavy atom. The Morgan fingerprint density at radius 2 is 2.15 bits per heavy atom. The number of amides is 1. The Kier molecular flexibility index (Phi) is 4.73. The first kappa shape index (κ1) is 14.1. The van der Waals surface area contributed by atoms with Gasteiger partial charge in [-0.05, 0) is 30.0 Å². The molecule has 5 nitrogen and oxygen atoms in total. The molecule has 0 saturated carbocycles. The van der Waals surface area contributed by atoms with Crippen LogP contribution in [0.1, 0.15) is 10.4 Å². The standard InChI is InChI=1S/C14H15N3O2S/c1-10-5-2-3-6-11(10)16-13(18)9-19-17-14(15)12-7-4-8-20-12/h2-8H,9H2,1H3,(H2,15,17)(H,16,18). The summed E-state index contributed by atoms with van der Waals surface area (Å²) in [5.74, 6) is -0.00859. The molecular formula is C14H15N3O2S. The molecule has 1 amide bonds. The van der Waals surface area contributed by atoms with E-state index < -0.39 is 0 Å². The molecule has 1 heterocycles. The maximum atomic E-state index is 11.7. The van der Waals surface area contributed by atoms with Gasteiger partial charge in [-0.25, -0.2) is 0 Å². The number of nitrogens with two attached hydrogens (primary N) is 1. The first-order chi connectivity index (χ1) is 9.66. The van der Waals surface area contributed by atoms with E-state index >= 15 is 0 Å². The molecule has 0 unspecified atom stereocenters. The lowest BCUT2D eigenvalue weighted by Crippen LogP contribution is -2.19. The second kappa shape index (κ2) is 6.72. The van der Waals surface area contributed by atoms with Crippen LogP contribution in [0.2, 0.25) is 0 Å². The van der Waals surface area contributed by atoms with Crippen LogP contribution in [-0.2, 0) is 9.63 Å². The molecule has 0 saturated heterocycles. The Bertz CT molecular complexity index is 609. The molecule has 1 aromatic heterocycles. The van der Waals surface area contributed by atoms with Crippen molar-refractivity contribution in [3.8, 4) is 0 Å². The van der Waals surface area contributed by atoms with Crippen LogP contribution in [0, 0.1) is 6.92 Å². The third kappa shape index (κ3) is 3.83. The van der Waals surface area contributed by atoms with Crippen molar-refractivity contribution in [3.63, 3.8) is 0 Å². The minimum absolute atomic E-state index is 0.180. The summed E-state index contributed by atoms with van der Waals surface area (Å²) in [6.45, 7) is 1.74. The Balaban J connectivity index is 1.84. The van der Waals surface area contributed by atoms with E-state index in [-0.39, 0.29) is 18.3 Å². The summed E-state index contributed by atoms with van der Waals surface area (Å²) in [6.07, 6.45) is 0. The maximum Gasteiger partial charge on any atom is 0.265 e. The molecule has 0 radical (unpaired) electrons. The van der Waals surface area contributed by atoms with Gasteiger partial charge in [-0.3, -0.25) is 4.79 Å². The molecule has 2 aromatic rings. The summed E-state index contributed by atoms with van der Waals surface area (Å²) in [5.41, 5.74) is 7.45. The van der Waals surface area contributed by atoms with Crippen molar-refractivity contribution in [1.82, 2.24) is 0 Å². The molecule has 0 aliphatic heterocycles. The first-order valence-corrected chi connectivity index (χ1v) is 6.89. The highest BCUT2D eigenvalue weighted by Crippen LogP contribution is 2.12. The third-order valence-electron chi connectivity index (χ3n) is 2.55. The van der Waals surface area contributed by atoms with E-state index in [1.165, 1.54) is 11.3 Å². The summed E-state index contributed by atoms with van der Waals surface area (Å²) in [6, 6.07) is 11.2. The molecule has 20 heavy (non-hydrogen) atoms. The van der Waals surface area contributed by atoms with Gasteiger partial charge in [0.25, 0.3) is 5.91 Å². The molecule has 0 aliphatic rings. The van der Waals surface area contributed by atoms with Crippen molar-refractivity contribution in [2.24, 2.45) is 10.9 Å². The average molecular weight is 289 g/mol. The van der Waals surface area contributed by atoms with Crippen molar-refractivity contribution in [2.75, 3.05) is 11.9 Å². The summed E-state index contributed by atoms with van der Waals surface area (Å²) in [7, 11) is 0. The fourth-order valence-corrected chi connectivity index (χ4v) is 2.15. The summed E-state index contributed by atoms with van der Waals surface area (Å²) in [5, 5.41) is 8.35. The van der Waals surface area contributed by atoms with Gasteiger partial charge in [-0.2, -0.15) is 0 Å². The fourth-order valence-electron chi connectivity index (χ4n) is 1.53. The van der Waals surface area contributed by atoms with Gasteiger partial charge in [0.05, 0.1) is 4.88 Å². The van der Waals surface area contributed by atoms with Crippen molar-refractivity contribution >= 4 is 28.8 Å². The average Bonchev–Trinajstić information content (AvgIpc) is 2.95. The van der Waals surface area contributed by atoms with Gasteiger partial charge in [0.1, 0.15) is 0 Å². The number of hydrogen-bond donors (Lipinski definition) is 2. The number of hydrogen-bond acceptors (Lipinski definition) is 4. The van der Waals surface area contributed by atoms with Crippen LogP contribution in [-0.4, -0.2) is 18.3 Å². The Hall–Kier alpha value is -2.34. The Labute approximate surface area is 121 Å². The predicted molar refractivity (Wildman–Crippen MR) is 80.8 cm³/mol. The highest BCUT2D eigenvalue weighted by Gasteiger charge is 2.05. The number of rotatable bonds is 5. The van der Waals surface area contributed by atoms with Crippen molar-refractivity contribution in [1.29, 1.82) is 0 Å². The zero-order valence-electron chi connectivity index (χ0n) is 11.0. The minimum Gasteiger partial charge on any atom is -0.384 e. The number of nitrogens with one attached hydrogen (secondary N) is 1. The van der Waals surface area contributed by atoms with Gasteiger partial charge < -0.3 is 15.9 Å². The van der Waals surface area contributed by atoms with Gasteiger partial charge in [0.15, 0.2) is 12.4 Å². The topological polar surface area (TPSA) is 76.7 Å². The number of amidine groups is 1. The monoisotopic (exact) mass is 289 g/mol. The molecule has 1 aromatic carbocycles. The Morgan fingerprint density at radius 1 is 1.35 bits per heavy atom. The first-order valence-electron chi connectivity index (χ1n) is 6.01. The molecule has 0 bridgehead atoms. The van der Waals surface area contributed by atoms with Crippen LogP contribution in [0.4, 0.5) is 5.69 Å². The second-order valence-electron chi connectivity index (χ2n) is 4.09. The van der Waals surface area contributed by atoms with Gasteiger partial charge in [0.2, 0.25) is 0 Å². The lowest BCUT2D eigenvalue weighted by Gasteiger charge is -2.07. The predicted octanol–water partition coefficient (Wildman–Crippen LogP) is 2.33. The summed E-state index contributed by atoms with van der Waals surface area (Å²) in [4.78, 5) is 17.4. The number of nitrogens with zero attached hydrogens (tertiary/aromatic N) is 1. The molecule has 0 atom stereocenters. The number of oxime groups is 1. The third-order valence-corrected chi connectivity index (χ3v) is 3.44. The van der Waals surface area contributed by atoms with Crippen LogP contribution >= 0.6 is 11.3 Å². The molecule has 0 fully saturated rings. The smallest absolute Gasteiger partial charge is 0.265 e. The van der Waals surface area contributed by atoms with E-state index in [1.54, 1.807) is 0 Å². The van der Waals surface area contributed by atoms with E-state index in [9.17, 15) is 4.79 Å². The SMILES string of the molecule is Cc1ccccc1NC(=O)CON=C(N)c1cccs1. The van der Waals surface area contributed by atoms with Gasteiger partial charge in [-0.1, -0.05) is 29.4 Å². The second-order valence-corrected chi connectivity index (χ2v) is 5.04. The number of benzene rings is 1. The van der Waals surface area contributed by atoms with Crippen LogP contribution in [0.3, 0.4) is 0 Å². The lowest BCUT2D eigenvalue weighted by molar-refractivity contribution is -0.120. The molecule has 2 rings (SSSR count). The number of thiophene rings is 1. The number of aryl methyl sites for hydroxylation is 1. The molecular weight excluding hydrogens is 274 g/mol. The quantitative estimate of drug-likeness (QED) is 0.504. The van der Waals surface area contributed by atoms with Crippen molar-refractivity contribution in [3.05, 3.63) is 52.2 Å². The highest BCUT2D eigenvalue weighted by atomic mass is 32.1. The lowest BCUT2D eigenvalue weighted by atomic mass is 10.2. The van der Waals surface area contributed by atoms with Crippen LogP contribution in [0.5, 0.6) is 0 Å². The van der Waals surface area contributed by atoms with E-state index in [0.29, 0.717) is 0 Å². The maximum absolute atomic E-state index is 11.7. The van der Waals surface area contributed by atoms with Crippen LogP contribution < -0.4 is 11.1 Å². The number of anilines is 1. The summed E-state index contributed by atoms with van der Waals surface area (Å²) < 4.78 is 0. The van der Waals surface area contributed by atoms with Crippen LogP contribution in [0.15, 0.2) is 46.9 Å². The zero-order valence-corrected chi connectivity index (χ0v) is 11.8. The number of carbonyl (C=O) groups excluding carboxylic acids is 1. The van der Waals surface area contributed by atoms with Crippen molar-refractivity contribution in [2.45, 2.75) is 6.92 Å². The van der Waals surface area contributed by atoms with E-state index in [1.807, 2.05) is 48.7 Å². The molecule has 3 N–H and O–H groups in total. The van der Waals surface area contributed by atoms with Gasteiger partial charge in [0, 0.05) is 5.69 Å². The van der Waals surface area contributed by atoms with Crippen molar-refractivity contribution < 1.29 is 9.63 Å². The molecule has 104 valence electrons. The highest BCUT2D eigenvalue weighted by molar-refractivity contribution is 7.12. The number of para-hydroxylation sites is 1. The molecule has 6 heteroatoms. The van der Waals surface area contributed by atoms with E-state index in [4.69, 9.17) is 10.6 Å². The minimum atomic E-state index is -0.276. The fraction of sp³-hybridized carbons (Fsp3) is 0.143. The van der Waals surface area contributed by atoms with E-state index in [2.05, 4.69) is 10.5 Å². The normalized spacial score (nSPS) is 11.2. The molecule has 0 spiro atoms. The molecule has 0 aliphatic carbocycles. The zero-order chi connectivity index (χ0) is 14.4. The van der Waals surface area contributed by atoms with Gasteiger partial charge >= 0.3 is 0 Å². The summed E-state index contributed by atoms with van der Waals surface area (Å²) >= 11 is 1.46. The largest absolute Gasteiger partial charge is 0.384 e. The van der Waals surface area contributed by atoms with E-state index in [0.717, 1.165) is 16.1 Å². The van der Waals surface area contributed by atoms with Crippen LogP contribution in [0.25, 0.3) is 0 Å². The number of carbonyl (C=O) groups is 1. The van der Waals surface area contributed by atoms with Gasteiger partial charge in [-0.15, -0.1) is 11.3 Å².